The van der Waals surface area contributed by atoms with Crippen LogP contribution in [0.5, 0.6) is 0 Å². The highest BCUT2D eigenvalue weighted by molar-refractivity contribution is 4.92. The number of rotatable bonds is 12. The van der Waals surface area contributed by atoms with Crippen molar-refractivity contribution in [3.8, 4) is 0 Å². The zero-order valence-electron chi connectivity index (χ0n) is 13.9. The van der Waals surface area contributed by atoms with Crippen molar-refractivity contribution in [2.24, 2.45) is 16.9 Å². The Kier molecular flexibility index (Phi) is 9.72. The molecule has 0 aromatic heterocycles. The maximum atomic E-state index is 6.80. The molecule has 0 bridgehead atoms. The monoisotopic (exact) mass is 270 g/mol. The number of hydrogen-bond acceptors (Lipinski definition) is 2. The summed E-state index contributed by atoms with van der Waals surface area (Å²) in [5, 5.41) is 0. The van der Waals surface area contributed by atoms with Gasteiger partial charge >= 0.3 is 0 Å². The molecule has 4 N–H and O–H groups in total. The third-order valence-corrected chi connectivity index (χ3v) is 4.96. The number of nitrogens with two attached hydrogens (primary N) is 2. The third-order valence-electron chi connectivity index (χ3n) is 4.96. The van der Waals surface area contributed by atoms with Crippen LogP contribution in [0, 0.1) is 5.41 Å². The van der Waals surface area contributed by atoms with E-state index in [0.717, 1.165) is 19.4 Å². The topological polar surface area (TPSA) is 52.0 Å². The van der Waals surface area contributed by atoms with Crippen LogP contribution in [-0.2, 0) is 0 Å². The highest BCUT2D eigenvalue weighted by Crippen LogP contribution is 2.41. The summed E-state index contributed by atoms with van der Waals surface area (Å²) in [5.41, 5.74) is 13.0. The van der Waals surface area contributed by atoms with Crippen LogP contribution in [0.1, 0.15) is 91.9 Å². The zero-order chi connectivity index (χ0) is 14.8. The van der Waals surface area contributed by atoms with Gasteiger partial charge in [-0.15, -0.1) is 0 Å². The summed E-state index contributed by atoms with van der Waals surface area (Å²) in [5.74, 6) is 0. The van der Waals surface area contributed by atoms with Crippen molar-refractivity contribution in [2.45, 2.75) is 97.4 Å². The molecular weight excluding hydrogens is 232 g/mol. The Morgan fingerprint density at radius 1 is 0.789 bits per heavy atom. The second kappa shape index (κ2) is 9.77. The van der Waals surface area contributed by atoms with Crippen molar-refractivity contribution in [3.63, 3.8) is 0 Å². The van der Waals surface area contributed by atoms with Gasteiger partial charge in [-0.2, -0.15) is 0 Å². The van der Waals surface area contributed by atoms with Gasteiger partial charge in [-0.3, -0.25) is 0 Å². The standard InChI is InChI=1S/C17H38N2/c1-5-9-11-17(19,12-10-6-2)15-16(7-3,8-4)13-14-18/h5-15,18-19H2,1-4H3. The van der Waals surface area contributed by atoms with Gasteiger partial charge in [0.15, 0.2) is 0 Å². The lowest BCUT2D eigenvalue weighted by atomic mass is 9.67. The molecule has 0 aliphatic rings. The summed E-state index contributed by atoms with van der Waals surface area (Å²) in [6.45, 7) is 9.91. The summed E-state index contributed by atoms with van der Waals surface area (Å²) in [6.07, 6.45) is 12.0. The lowest BCUT2D eigenvalue weighted by molar-refractivity contribution is 0.145. The Hall–Kier alpha value is -0.0800. The highest BCUT2D eigenvalue weighted by Gasteiger charge is 2.35. The number of unbranched alkanes of at least 4 members (excludes halogenated alkanes) is 2. The van der Waals surface area contributed by atoms with Crippen LogP contribution in [0.25, 0.3) is 0 Å². The largest absolute Gasteiger partial charge is 0.330 e. The van der Waals surface area contributed by atoms with Crippen molar-refractivity contribution < 1.29 is 0 Å². The molecule has 19 heavy (non-hydrogen) atoms. The Balaban J connectivity index is 4.81. The van der Waals surface area contributed by atoms with E-state index in [0.29, 0.717) is 5.41 Å². The fraction of sp³-hybridized carbons (Fsp3) is 1.00. The normalized spacial score (nSPS) is 12.9. The summed E-state index contributed by atoms with van der Waals surface area (Å²) < 4.78 is 0. The lowest BCUT2D eigenvalue weighted by Gasteiger charge is -2.41. The summed E-state index contributed by atoms with van der Waals surface area (Å²) in [7, 11) is 0. The van der Waals surface area contributed by atoms with Crippen LogP contribution in [-0.4, -0.2) is 12.1 Å². The Labute approximate surface area is 121 Å². The van der Waals surface area contributed by atoms with Crippen LogP contribution in [0.15, 0.2) is 0 Å². The second-order valence-electron chi connectivity index (χ2n) is 6.49. The molecule has 0 radical (unpaired) electrons. The van der Waals surface area contributed by atoms with Gasteiger partial charge in [0.1, 0.15) is 0 Å². The maximum Gasteiger partial charge on any atom is 0.0159 e. The second-order valence-corrected chi connectivity index (χ2v) is 6.49. The molecule has 0 unspecified atom stereocenters. The molecule has 116 valence electrons. The Morgan fingerprint density at radius 3 is 1.58 bits per heavy atom. The first-order valence-corrected chi connectivity index (χ1v) is 8.50. The van der Waals surface area contributed by atoms with Gasteiger partial charge in [0, 0.05) is 5.54 Å². The lowest BCUT2D eigenvalue weighted by Crippen LogP contribution is -2.45. The minimum Gasteiger partial charge on any atom is -0.330 e. The van der Waals surface area contributed by atoms with Gasteiger partial charge in [-0.1, -0.05) is 66.2 Å². The quantitative estimate of drug-likeness (QED) is 0.544. The molecule has 0 saturated carbocycles. The van der Waals surface area contributed by atoms with Gasteiger partial charge < -0.3 is 11.5 Å². The van der Waals surface area contributed by atoms with Gasteiger partial charge in [0.05, 0.1) is 0 Å². The average Bonchev–Trinajstić information content (AvgIpc) is 2.42. The molecule has 0 aliphatic heterocycles. The van der Waals surface area contributed by atoms with Crippen LogP contribution >= 0.6 is 0 Å². The molecular formula is C17H38N2. The van der Waals surface area contributed by atoms with Gasteiger partial charge in [0.2, 0.25) is 0 Å². The molecule has 0 aromatic rings. The van der Waals surface area contributed by atoms with Crippen molar-refractivity contribution in [1.29, 1.82) is 0 Å². The molecule has 0 saturated heterocycles. The molecule has 0 amide bonds. The van der Waals surface area contributed by atoms with Gasteiger partial charge in [-0.25, -0.2) is 0 Å². The fourth-order valence-corrected chi connectivity index (χ4v) is 3.35. The van der Waals surface area contributed by atoms with E-state index in [-0.39, 0.29) is 5.54 Å². The first-order chi connectivity index (χ1) is 9.01. The van der Waals surface area contributed by atoms with Crippen molar-refractivity contribution in [2.75, 3.05) is 6.54 Å². The summed E-state index contributed by atoms with van der Waals surface area (Å²) in [4.78, 5) is 0. The van der Waals surface area contributed by atoms with Crippen molar-refractivity contribution >= 4 is 0 Å². The van der Waals surface area contributed by atoms with E-state index in [1.54, 1.807) is 0 Å². The zero-order valence-corrected chi connectivity index (χ0v) is 13.9. The van der Waals surface area contributed by atoms with Gasteiger partial charge in [-0.05, 0) is 37.6 Å². The van der Waals surface area contributed by atoms with E-state index in [1.807, 2.05) is 0 Å². The van der Waals surface area contributed by atoms with Crippen LogP contribution in [0.2, 0.25) is 0 Å². The molecule has 0 aromatic carbocycles. The van der Waals surface area contributed by atoms with E-state index in [1.165, 1.54) is 51.4 Å². The van der Waals surface area contributed by atoms with E-state index in [9.17, 15) is 0 Å². The predicted molar refractivity (Wildman–Crippen MR) is 87.3 cm³/mol. The predicted octanol–water partition coefficient (Wildman–Crippen LogP) is 4.61. The Morgan fingerprint density at radius 2 is 1.26 bits per heavy atom. The van der Waals surface area contributed by atoms with Crippen LogP contribution < -0.4 is 11.5 Å². The minimum absolute atomic E-state index is 0.0349. The molecule has 0 atom stereocenters. The molecule has 0 spiro atoms. The molecule has 2 heteroatoms. The maximum absolute atomic E-state index is 6.80. The molecule has 0 rings (SSSR count). The van der Waals surface area contributed by atoms with E-state index in [2.05, 4.69) is 27.7 Å². The molecule has 0 heterocycles. The van der Waals surface area contributed by atoms with Crippen LogP contribution in [0.3, 0.4) is 0 Å². The van der Waals surface area contributed by atoms with Crippen molar-refractivity contribution in [3.05, 3.63) is 0 Å². The molecule has 2 nitrogen and oxygen atoms in total. The van der Waals surface area contributed by atoms with E-state index < -0.39 is 0 Å². The minimum atomic E-state index is 0.0349. The highest BCUT2D eigenvalue weighted by atomic mass is 14.7. The smallest absolute Gasteiger partial charge is 0.0159 e. The van der Waals surface area contributed by atoms with E-state index >= 15 is 0 Å². The molecule has 0 aliphatic carbocycles. The first kappa shape index (κ1) is 18.9. The van der Waals surface area contributed by atoms with Gasteiger partial charge in [0.25, 0.3) is 0 Å². The summed E-state index contributed by atoms with van der Waals surface area (Å²) in [6, 6.07) is 0. The SMILES string of the molecule is CCCCC(N)(CCCC)CC(CC)(CC)CCN. The van der Waals surface area contributed by atoms with E-state index in [4.69, 9.17) is 11.5 Å². The third kappa shape index (κ3) is 6.76. The van der Waals surface area contributed by atoms with Crippen LogP contribution in [0.4, 0.5) is 0 Å². The first-order valence-electron chi connectivity index (χ1n) is 8.50. The molecule has 0 fully saturated rings. The number of hydrogen-bond donors (Lipinski definition) is 2. The summed E-state index contributed by atoms with van der Waals surface area (Å²) >= 11 is 0. The van der Waals surface area contributed by atoms with Crippen molar-refractivity contribution in [1.82, 2.24) is 0 Å². The fourth-order valence-electron chi connectivity index (χ4n) is 3.35. The average molecular weight is 271 g/mol. The Bertz CT molecular complexity index is 201.